The van der Waals surface area contributed by atoms with E-state index in [1.54, 1.807) is 26.0 Å². The van der Waals surface area contributed by atoms with Crippen molar-refractivity contribution in [2.45, 2.75) is 31.2 Å². The molecule has 1 aliphatic rings. The molecule has 3 aromatic carbocycles. The van der Waals surface area contributed by atoms with Crippen molar-refractivity contribution in [2.24, 2.45) is 0 Å². The fourth-order valence-electron chi connectivity index (χ4n) is 3.96. The Bertz CT molecular complexity index is 1390. The van der Waals surface area contributed by atoms with Crippen molar-refractivity contribution in [1.82, 2.24) is 4.72 Å². The van der Waals surface area contributed by atoms with E-state index in [9.17, 15) is 14.1 Å². The molecule has 1 heterocycles. The van der Waals surface area contributed by atoms with Gasteiger partial charge in [-0.15, -0.1) is 0 Å². The monoisotopic (exact) mass is 465 g/mol. The van der Waals surface area contributed by atoms with Crippen LogP contribution in [-0.2, 0) is 9.71 Å². The van der Waals surface area contributed by atoms with Gasteiger partial charge in [-0.3, -0.25) is 4.79 Å². The lowest BCUT2D eigenvalue weighted by Gasteiger charge is -2.39. The highest BCUT2D eigenvalue weighted by Crippen LogP contribution is 2.34. The van der Waals surface area contributed by atoms with Crippen LogP contribution in [0, 0.1) is 6.92 Å². The van der Waals surface area contributed by atoms with E-state index >= 15 is 0 Å². The number of nitrogens with one attached hydrogen (secondary N) is 2. The number of ether oxygens (including phenoxy) is 1. The third-order valence-electron chi connectivity index (χ3n) is 5.68. The summed E-state index contributed by atoms with van der Waals surface area (Å²) < 4.78 is 21.5. The third-order valence-corrected chi connectivity index (χ3v) is 8.49. The summed E-state index contributed by atoms with van der Waals surface area (Å²) in [6.45, 7) is 5.43. The molecule has 0 bridgehead atoms. The Hall–Kier alpha value is -3.33. The average molecular weight is 466 g/mol. The largest absolute Gasteiger partial charge is 0.495 e. The van der Waals surface area contributed by atoms with Crippen LogP contribution in [0.5, 0.6) is 5.75 Å². The van der Waals surface area contributed by atoms with Crippen LogP contribution in [-0.4, -0.2) is 32.9 Å². The number of aliphatic hydroxyl groups excluding tert-OH is 1. The molecule has 1 atom stereocenters. The molecule has 7 nitrogen and oxygen atoms in total. The Labute approximate surface area is 193 Å². The number of carbonyl (C=O) groups is 1. The van der Waals surface area contributed by atoms with Crippen molar-refractivity contribution in [3.63, 3.8) is 0 Å². The molecule has 4 rings (SSSR count). The molecule has 33 heavy (non-hydrogen) atoms. The van der Waals surface area contributed by atoms with E-state index in [1.807, 2.05) is 49.4 Å². The van der Waals surface area contributed by atoms with Gasteiger partial charge >= 0.3 is 0 Å². The molecule has 8 heteroatoms. The molecule has 0 spiro atoms. The Morgan fingerprint density at radius 1 is 1.09 bits per heavy atom. The molecule has 3 aromatic rings. The average Bonchev–Trinajstić information content (AvgIpc) is 2.78. The van der Waals surface area contributed by atoms with E-state index < -0.39 is 15.2 Å². The number of anilines is 2. The lowest BCUT2D eigenvalue weighted by atomic mass is 9.98. The molecule has 5 N–H and O–H groups in total. The summed E-state index contributed by atoms with van der Waals surface area (Å²) in [5.41, 5.74) is 9.93. The molecule has 0 fully saturated rings. The number of hydrogen-bond donors (Lipinski definition) is 4. The van der Waals surface area contributed by atoms with Gasteiger partial charge in [-0.25, -0.2) is 8.93 Å². The second kappa shape index (κ2) is 8.22. The second-order valence-electron chi connectivity index (χ2n) is 8.53. The number of rotatable bonds is 5. The van der Waals surface area contributed by atoms with Gasteiger partial charge in [0.15, 0.2) is 0 Å². The lowest BCUT2D eigenvalue weighted by Crippen LogP contribution is -2.63. The zero-order chi connectivity index (χ0) is 24.0. The Kier molecular flexibility index (Phi) is 5.69. The fourth-order valence-corrected chi connectivity index (χ4v) is 6.49. The molecule has 172 valence electrons. The maximum absolute atomic E-state index is 13.2. The second-order valence-corrected chi connectivity index (χ2v) is 10.7. The van der Waals surface area contributed by atoms with Crippen LogP contribution in [0.4, 0.5) is 11.4 Å². The predicted molar refractivity (Wildman–Crippen MR) is 133 cm³/mol. The smallest absolute Gasteiger partial charge is 0.255 e. The summed E-state index contributed by atoms with van der Waals surface area (Å²) in [6.07, 6.45) is 0. The Balaban J connectivity index is 1.60. The number of nitrogen functional groups attached to an aromatic ring is 1. The molecular formula is C25H27N3O4S. The first-order chi connectivity index (χ1) is 15.6. The van der Waals surface area contributed by atoms with Gasteiger partial charge in [-0.2, -0.15) is 0 Å². The number of methoxy groups -OCH3 is 1. The molecule has 0 saturated heterocycles. The lowest BCUT2D eigenvalue weighted by molar-refractivity contribution is 0.102. The van der Waals surface area contributed by atoms with E-state index in [-0.39, 0.29) is 16.7 Å². The highest BCUT2D eigenvalue weighted by molar-refractivity contribution is 8.02. The van der Waals surface area contributed by atoms with Gasteiger partial charge in [0.1, 0.15) is 10.8 Å². The van der Waals surface area contributed by atoms with Crippen molar-refractivity contribution in [1.29, 1.82) is 0 Å². The van der Waals surface area contributed by atoms with Gasteiger partial charge < -0.3 is 20.9 Å². The van der Waals surface area contributed by atoms with Crippen molar-refractivity contribution < 1.29 is 18.8 Å². The first-order valence-electron chi connectivity index (χ1n) is 10.4. The van der Waals surface area contributed by atoms with Crippen molar-refractivity contribution >= 4 is 32.0 Å². The summed E-state index contributed by atoms with van der Waals surface area (Å²) >= 11 is 0. The van der Waals surface area contributed by atoms with E-state index in [2.05, 4.69) is 10.0 Å². The fraction of sp³-hybridized carbons (Fsp3) is 0.200. The number of aryl methyl sites for hydroxylation is 1. The molecule has 0 aromatic heterocycles. The highest BCUT2D eigenvalue weighted by Gasteiger charge is 2.43. The minimum absolute atomic E-state index is 0.139. The number of hydrogen-bond acceptors (Lipinski definition) is 4. The van der Waals surface area contributed by atoms with Gasteiger partial charge in [0.25, 0.3) is 5.91 Å². The van der Waals surface area contributed by atoms with E-state index in [0.717, 1.165) is 16.7 Å². The molecule has 0 saturated carbocycles. The van der Waals surface area contributed by atoms with Crippen LogP contribution < -0.4 is 20.5 Å². The van der Waals surface area contributed by atoms with Gasteiger partial charge in [0.05, 0.1) is 27.3 Å². The first kappa shape index (κ1) is 22.8. The van der Waals surface area contributed by atoms with Gasteiger partial charge in [0, 0.05) is 22.5 Å². The molecular weight excluding hydrogens is 438 g/mol. The van der Waals surface area contributed by atoms with E-state index in [1.165, 1.54) is 13.2 Å². The molecule has 0 aliphatic carbocycles. The topological polar surface area (TPSA) is 114 Å². The number of nitrogens with two attached hydrogens (primary N) is 1. The van der Waals surface area contributed by atoms with Crippen LogP contribution >= 0.6 is 0 Å². The maximum atomic E-state index is 13.2. The summed E-state index contributed by atoms with van der Waals surface area (Å²) in [6, 6.07) is 17.9. The SMILES string of the molecule is COc1cc(C(=O)Nc2ccc(-c3ccccc3N)c(C)c2)ccc1S1(=O)=C(O)C(C)(C)N1. The number of aliphatic hydroxyl groups is 1. The van der Waals surface area contributed by atoms with Crippen molar-refractivity contribution in [3.05, 3.63) is 71.8 Å². The van der Waals surface area contributed by atoms with Crippen molar-refractivity contribution in [3.8, 4) is 16.9 Å². The number of benzene rings is 3. The van der Waals surface area contributed by atoms with Crippen LogP contribution in [0.1, 0.15) is 29.8 Å². The quantitative estimate of drug-likeness (QED) is 0.334. The number of amides is 1. The van der Waals surface area contributed by atoms with Crippen LogP contribution in [0.15, 0.2) is 65.6 Å². The molecule has 0 radical (unpaired) electrons. The van der Waals surface area contributed by atoms with Crippen LogP contribution in [0.3, 0.4) is 0 Å². The van der Waals surface area contributed by atoms with Gasteiger partial charge in [-0.05, 0) is 68.3 Å². The summed E-state index contributed by atoms with van der Waals surface area (Å²) in [7, 11) is -1.55. The molecule has 1 aliphatic heterocycles. The number of carbonyl (C=O) groups excluding carboxylic acids is 1. The zero-order valence-electron chi connectivity index (χ0n) is 18.9. The van der Waals surface area contributed by atoms with Crippen molar-refractivity contribution in [2.75, 3.05) is 18.2 Å². The van der Waals surface area contributed by atoms with Crippen LogP contribution in [0.25, 0.3) is 11.1 Å². The summed E-state index contributed by atoms with van der Waals surface area (Å²) in [4.78, 5) is 13.2. The minimum Gasteiger partial charge on any atom is -0.495 e. The van der Waals surface area contributed by atoms with Gasteiger partial charge in [0.2, 0.25) is 0 Å². The zero-order valence-corrected chi connectivity index (χ0v) is 19.7. The summed E-state index contributed by atoms with van der Waals surface area (Å²) in [5.74, 6) is -0.0791. The standard InChI is InChI=1S/C25H27N3O4S/c1-15-13-17(10-11-18(15)19-7-5-6-8-20(19)26)27-23(29)16-9-12-22(21(14-16)32-4)33(31)24(30)25(2,3)28-33/h5-14,30H,26H2,1-4H3,(H,27,29)(H,28,31). The minimum atomic E-state index is -2.98. The molecule has 1 amide bonds. The van der Waals surface area contributed by atoms with E-state index in [4.69, 9.17) is 10.5 Å². The maximum Gasteiger partial charge on any atom is 0.255 e. The van der Waals surface area contributed by atoms with Gasteiger partial charge in [-0.1, -0.05) is 24.3 Å². The summed E-state index contributed by atoms with van der Waals surface area (Å²) in [5, 5.41) is 13.1. The molecule has 1 unspecified atom stereocenters. The highest BCUT2D eigenvalue weighted by atomic mass is 32.2. The predicted octanol–water partition coefficient (Wildman–Crippen LogP) is 4.13. The third kappa shape index (κ3) is 3.97. The number of para-hydroxylation sites is 1. The van der Waals surface area contributed by atoms with E-state index in [0.29, 0.717) is 21.8 Å². The normalized spacial score (nSPS) is 19.0. The Morgan fingerprint density at radius 2 is 1.82 bits per heavy atom. The first-order valence-corrected chi connectivity index (χ1v) is 12.0. The Morgan fingerprint density at radius 3 is 2.42 bits per heavy atom. The van der Waals surface area contributed by atoms with Crippen LogP contribution in [0.2, 0.25) is 0 Å².